The number of aliphatic hydroxyl groups excluding tert-OH is 1. The lowest BCUT2D eigenvalue weighted by atomic mass is 9.90. The fraction of sp³-hybridized carbons (Fsp3) is 0.694. The molecule has 18 N–H and O–H groups in total. The van der Waals surface area contributed by atoms with Gasteiger partial charge in [0.25, 0.3) is 0 Å². The van der Waals surface area contributed by atoms with Gasteiger partial charge in [0, 0.05) is 25.9 Å². The number of likely N-dealkylation sites (N-methyl/N-ethyl adjacent to an activating group) is 1. The molecule has 1 aromatic rings. The lowest BCUT2D eigenvalue weighted by Crippen LogP contribution is -2.61. The fourth-order valence-electron chi connectivity index (χ4n) is 10.5. The number of halogens is 2. The standard InChI is InChI=1S/C62H101F2N15O14/c1-12-31(5)39(51(83)74-43(30-80)55(87)77-49-36(10)93-59(91)48(34(8)15-4)78-60(92)62(28-38(62)27-44(63)64)79-50(82)35(9)71-58(49)90)29-70-56(88)46(32(6)13-2)75-53(85)41(23-24-45(65)81)72-52(84)40(22-19-25-69-61(66)67)73-57(89)47(33(7)14-3)76-54(86)42(68-11)26-37-20-17-16-18-21-37/h16-18,20-21,31-36,38-44,46-49,68,80H,12-15,19,22-30H2,1-11H3,(H2,65,81)(H,70,88)(H,71,90)(H,72,84)(H,73,89)(H,74,83)(H,75,85)(H,76,86)(H,77,87)(H,78,92)(H,79,82)(H4,66,67,69)/t31-,32-,33-,34-,35-,36-,38?,39-,40-,41+,42+,43-,46+,47-,48-,49+,62?/m0/s1. The third-order valence-electron chi connectivity index (χ3n) is 17.6. The summed E-state index contributed by atoms with van der Waals surface area (Å²) in [5, 5.41) is 39.4. The van der Waals surface area contributed by atoms with Crippen LogP contribution in [0.3, 0.4) is 0 Å². The van der Waals surface area contributed by atoms with E-state index in [2.05, 4.69) is 63.5 Å². The van der Waals surface area contributed by atoms with Gasteiger partial charge in [0.1, 0.15) is 60.0 Å². The van der Waals surface area contributed by atoms with Crippen LogP contribution in [0, 0.1) is 35.5 Å². The number of benzene rings is 1. The summed E-state index contributed by atoms with van der Waals surface area (Å²) >= 11 is 0. The van der Waals surface area contributed by atoms with E-state index in [1.807, 2.05) is 37.3 Å². The molecule has 1 spiro atoms. The normalized spacial score (nSPS) is 22.7. The summed E-state index contributed by atoms with van der Waals surface area (Å²) in [7, 11) is 1.61. The van der Waals surface area contributed by atoms with Gasteiger partial charge in [-0.3, -0.25) is 57.7 Å². The van der Waals surface area contributed by atoms with Crippen LogP contribution < -0.4 is 75.7 Å². The van der Waals surface area contributed by atoms with Gasteiger partial charge in [0.2, 0.25) is 71.4 Å². The number of guanidine groups is 1. The van der Waals surface area contributed by atoms with E-state index in [9.17, 15) is 71.4 Å². The minimum Gasteiger partial charge on any atom is -0.458 e. The van der Waals surface area contributed by atoms with Gasteiger partial charge < -0.3 is 85.5 Å². The first-order chi connectivity index (χ1) is 43.8. The maximum atomic E-state index is 14.4. The smallest absolute Gasteiger partial charge is 0.329 e. The Hall–Kier alpha value is -8.09. The van der Waals surface area contributed by atoms with Crippen molar-refractivity contribution in [2.45, 2.75) is 212 Å². The molecule has 93 heavy (non-hydrogen) atoms. The number of rotatable bonds is 36. The van der Waals surface area contributed by atoms with E-state index in [4.69, 9.17) is 21.9 Å². The molecule has 29 nitrogen and oxygen atoms in total. The van der Waals surface area contributed by atoms with Gasteiger partial charge in [0.15, 0.2) is 5.96 Å². The van der Waals surface area contributed by atoms with Gasteiger partial charge >= 0.3 is 5.97 Å². The largest absolute Gasteiger partial charge is 0.458 e. The van der Waals surface area contributed by atoms with E-state index in [0.29, 0.717) is 32.1 Å². The first-order valence-corrected chi connectivity index (χ1v) is 32.0. The van der Waals surface area contributed by atoms with E-state index in [-0.39, 0.29) is 38.2 Å². The van der Waals surface area contributed by atoms with Crippen LogP contribution in [0.4, 0.5) is 8.78 Å². The molecule has 17 atom stereocenters. The van der Waals surface area contributed by atoms with Crippen LogP contribution >= 0.6 is 0 Å². The second kappa shape index (κ2) is 38.2. The van der Waals surface area contributed by atoms with Crippen molar-refractivity contribution in [1.82, 2.24) is 58.5 Å². The van der Waals surface area contributed by atoms with E-state index < -0.39 is 205 Å². The quantitative estimate of drug-likeness (QED) is 0.0156. The summed E-state index contributed by atoms with van der Waals surface area (Å²) in [5.74, 6) is -15.1. The molecule has 1 saturated heterocycles. The summed E-state index contributed by atoms with van der Waals surface area (Å²) in [6, 6.07) is -3.31. The molecule has 0 bridgehead atoms. The van der Waals surface area contributed by atoms with Gasteiger partial charge in [-0.1, -0.05) is 111 Å². The highest BCUT2D eigenvalue weighted by Gasteiger charge is 2.62. The van der Waals surface area contributed by atoms with Crippen LogP contribution in [0.1, 0.15) is 139 Å². The van der Waals surface area contributed by atoms with Crippen LogP contribution in [-0.2, 0) is 68.7 Å². The highest BCUT2D eigenvalue weighted by Crippen LogP contribution is 2.48. The Morgan fingerprint density at radius 3 is 1.81 bits per heavy atom. The average molecular weight is 1320 g/mol. The molecule has 3 rings (SSSR count). The van der Waals surface area contributed by atoms with Crippen molar-refractivity contribution in [3.05, 3.63) is 35.9 Å². The number of amides is 11. The zero-order valence-corrected chi connectivity index (χ0v) is 55.3. The number of hydrogen-bond acceptors (Lipinski definition) is 16. The number of ether oxygens (including phenoxy) is 1. The van der Waals surface area contributed by atoms with E-state index in [1.54, 1.807) is 55.5 Å². The molecule has 1 aliphatic carbocycles. The predicted octanol–water partition coefficient (Wildman–Crippen LogP) is -1.58. The average Bonchev–Trinajstić information content (AvgIpc) is 1.58. The number of hydrogen-bond donors (Lipinski definition) is 15. The molecule has 2 fully saturated rings. The third-order valence-corrected chi connectivity index (χ3v) is 17.6. The molecule has 11 amide bonds. The highest BCUT2D eigenvalue weighted by atomic mass is 19.3. The molecule has 0 radical (unpaired) electrons. The maximum Gasteiger partial charge on any atom is 0.329 e. The number of cyclic esters (lactones) is 1. The Morgan fingerprint density at radius 2 is 1.26 bits per heavy atom. The molecule has 1 saturated carbocycles. The van der Waals surface area contributed by atoms with E-state index >= 15 is 0 Å². The van der Waals surface area contributed by atoms with Gasteiger partial charge in [-0.05, 0) is 88.2 Å². The van der Waals surface area contributed by atoms with Crippen LogP contribution in [0.2, 0.25) is 0 Å². The summed E-state index contributed by atoms with van der Waals surface area (Å²) < 4.78 is 32.8. The summed E-state index contributed by atoms with van der Waals surface area (Å²) in [5.41, 5.74) is 15.7. The minimum absolute atomic E-state index is 0.0390. The van der Waals surface area contributed by atoms with Crippen molar-refractivity contribution >= 4 is 76.9 Å². The SMILES string of the molecule is CC[C@H](C)[C@H](CNC(=O)[C@H](NC(=O)[C@@H](CCC(N)=O)NC(=O)[C@H](CCCN=C(N)N)NC(=O)[C@@H](NC(=O)[C@@H](Cc1ccccc1)NC)[C@@H](C)CC)[C@@H](C)CC)C(=O)N[C@@H](CO)C(=O)N[C@H]1C(=O)N[C@@H](C)C(=O)NC2(CC2CC(F)F)C(=O)N[C@@H]([C@@H](C)CC)C(=O)O[C@H]1C. The molecule has 522 valence electrons. The van der Waals surface area contributed by atoms with Crippen LogP contribution in [0.5, 0.6) is 0 Å². The lowest BCUT2D eigenvalue weighted by molar-refractivity contribution is -0.157. The monoisotopic (exact) mass is 1320 g/mol. The minimum atomic E-state index is -2.83. The Labute approximate surface area is 542 Å². The molecule has 31 heteroatoms. The second-order valence-electron chi connectivity index (χ2n) is 24.5. The Kier molecular flexibility index (Phi) is 32.5. The predicted molar refractivity (Wildman–Crippen MR) is 339 cm³/mol. The number of nitrogens with zero attached hydrogens (tertiary/aromatic N) is 1. The number of primary amides is 1. The van der Waals surface area contributed by atoms with Crippen molar-refractivity contribution in [3.8, 4) is 0 Å². The first kappa shape index (κ1) is 79.1. The topological polar surface area (TPSA) is 457 Å². The highest BCUT2D eigenvalue weighted by molar-refractivity contribution is 6.01. The molecule has 1 aromatic carbocycles. The van der Waals surface area contributed by atoms with Crippen molar-refractivity contribution in [2.24, 2.45) is 57.7 Å². The number of nitrogens with two attached hydrogens (primary N) is 3. The van der Waals surface area contributed by atoms with Crippen LogP contribution in [0.15, 0.2) is 35.3 Å². The van der Waals surface area contributed by atoms with E-state index in [1.165, 1.54) is 13.8 Å². The number of carbonyl (C=O) groups excluding carboxylic acids is 12. The van der Waals surface area contributed by atoms with Crippen molar-refractivity contribution < 1.29 is 76.2 Å². The van der Waals surface area contributed by atoms with E-state index in [0.717, 1.165) is 5.56 Å². The summed E-state index contributed by atoms with van der Waals surface area (Å²) in [6.45, 7) is 14.8. The molecule has 1 aliphatic heterocycles. The van der Waals surface area contributed by atoms with Crippen LogP contribution in [-0.4, -0.2) is 181 Å². The van der Waals surface area contributed by atoms with Crippen molar-refractivity contribution in [2.75, 3.05) is 26.7 Å². The molecule has 2 aliphatic rings. The third kappa shape index (κ3) is 24.1. The fourth-order valence-corrected chi connectivity index (χ4v) is 10.5. The molecule has 0 aromatic heterocycles. The molecule has 1 heterocycles. The van der Waals surface area contributed by atoms with Crippen molar-refractivity contribution in [3.63, 3.8) is 0 Å². The van der Waals surface area contributed by atoms with Gasteiger partial charge in [-0.2, -0.15) is 0 Å². The Bertz CT molecular complexity index is 2760. The summed E-state index contributed by atoms with van der Waals surface area (Å²) in [6.07, 6.45) is -4.28. The first-order valence-electron chi connectivity index (χ1n) is 32.0. The van der Waals surface area contributed by atoms with Crippen LogP contribution in [0.25, 0.3) is 0 Å². The Morgan fingerprint density at radius 1 is 0.699 bits per heavy atom. The Balaban J connectivity index is 1.87. The molecular formula is C62H101F2N15O14. The number of aliphatic hydroxyl groups is 1. The summed E-state index contributed by atoms with van der Waals surface area (Å²) in [4.78, 5) is 171. The number of nitrogens with one attached hydrogen (secondary N) is 11. The maximum absolute atomic E-state index is 14.4. The zero-order valence-electron chi connectivity index (χ0n) is 55.3. The van der Waals surface area contributed by atoms with Crippen molar-refractivity contribution in [1.29, 1.82) is 0 Å². The van der Waals surface area contributed by atoms with Gasteiger partial charge in [-0.25, -0.2) is 13.6 Å². The van der Waals surface area contributed by atoms with Gasteiger partial charge in [-0.15, -0.1) is 0 Å². The number of alkyl halides is 2. The second-order valence-corrected chi connectivity index (χ2v) is 24.5. The molecular weight excluding hydrogens is 1220 g/mol. The van der Waals surface area contributed by atoms with Gasteiger partial charge in [0.05, 0.1) is 18.6 Å². The molecule has 2 unspecified atom stereocenters. The number of esters is 1. The lowest BCUT2D eigenvalue weighted by Gasteiger charge is -2.30. The number of aliphatic imine (C=N–C) groups is 1. The zero-order chi connectivity index (χ0) is 70.0. The number of carbonyl (C=O) groups is 12.